The Bertz CT molecular complexity index is 645. The van der Waals surface area contributed by atoms with Gasteiger partial charge in [-0.3, -0.25) is 4.79 Å². The third-order valence-corrected chi connectivity index (χ3v) is 3.89. The Morgan fingerprint density at radius 3 is 3.05 bits per heavy atom. The van der Waals surface area contributed by atoms with Crippen molar-refractivity contribution in [3.8, 4) is 0 Å². The Kier molecular flexibility index (Phi) is 3.90. The molecule has 0 unspecified atom stereocenters. The van der Waals surface area contributed by atoms with Crippen LogP contribution >= 0.6 is 11.6 Å². The minimum atomic E-state index is -0.343. The van der Waals surface area contributed by atoms with E-state index < -0.39 is 0 Å². The number of carbonyl (C=O) groups is 1. The lowest BCUT2D eigenvalue weighted by Crippen LogP contribution is -2.43. The van der Waals surface area contributed by atoms with Crippen LogP contribution in [0.1, 0.15) is 27.8 Å². The molecule has 2 heterocycles. The van der Waals surface area contributed by atoms with Crippen LogP contribution in [0, 0.1) is 6.92 Å². The van der Waals surface area contributed by atoms with Crippen LogP contribution in [0.4, 0.5) is 0 Å². The predicted molar refractivity (Wildman–Crippen MR) is 75.1 cm³/mol. The molecule has 110 valence electrons. The number of rotatable bonds is 2. The van der Waals surface area contributed by atoms with E-state index in [1.165, 1.54) is 6.39 Å². The smallest absolute Gasteiger partial charge is 0.254 e. The Morgan fingerprint density at radius 1 is 1.48 bits per heavy atom. The number of hydrogen-bond donors (Lipinski definition) is 0. The van der Waals surface area contributed by atoms with Crippen LogP contribution in [-0.4, -0.2) is 40.7 Å². The van der Waals surface area contributed by atoms with Crippen LogP contribution < -0.4 is 0 Å². The summed E-state index contributed by atoms with van der Waals surface area (Å²) in [5.41, 5.74) is 1.48. The first-order chi connectivity index (χ1) is 10.2. The van der Waals surface area contributed by atoms with Crippen molar-refractivity contribution >= 4 is 17.5 Å². The highest BCUT2D eigenvalue weighted by atomic mass is 35.5. The number of nitrogens with zero attached hydrogens (tertiary/aromatic N) is 3. The standard InChI is InChI=1S/C14H14ClN3O3/c1-9-2-3-10(6-11(9)15)14(19)18-4-5-20-7-12(18)13-16-8-21-17-13/h2-3,6,8,12H,4-5,7H2,1H3/t12-/m1/s1. The number of ether oxygens (including phenoxy) is 1. The maximum atomic E-state index is 12.7. The van der Waals surface area contributed by atoms with Gasteiger partial charge in [0.25, 0.3) is 5.91 Å². The molecule has 2 aromatic rings. The molecule has 1 amide bonds. The highest BCUT2D eigenvalue weighted by Gasteiger charge is 2.32. The molecule has 0 N–H and O–H groups in total. The van der Waals surface area contributed by atoms with E-state index in [0.717, 1.165) is 5.56 Å². The number of amides is 1. The summed E-state index contributed by atoms with van der Waals surface area (Å²) in [6, 6.07) is 4.94. The topological polar surface area (TPSA) is 68.5 Å². The van der Waals surface area contributed by atoms with E-state index in [0.29, 0.717) is 36.2 Å². The summed E-state index contributed by atoms with van der Waals surface area (Å²) in [4.78, 5) is 18.4. The Morgan fingerprint density at radius 2 is 2.33 bits per heavy atom. The molecule has 1 aliphatic rings. The fraction of sp³-hybridized carbons (Fsp3) is 0.357. The van der Waals surface area contributed by atoms with Crippen molar-refractivity contribution in [3.05, 3.63) is 46.6 Å². The summed E-state index contributed by atoms with van der Waals surface area (Å²) in [6.45, 7) is 3.21. The zero-order chi connectivity index (χ0) is 14.8. The van der Waals surface area contributed by atoms with E-state index in [9.17, 15) is 4.79 Å². The van der Waals surface area contributed by atoms with Crippen molar-refractivity contribution in [2.45, 2.75) is 13.0 Å². The van der Waals surface area contributed by atoms with E-state index in [1.807, 2.05) is 13.0 Å². The quantitative estimate of drug-likeness (QED) is 0.851. The highest BCUT2D eigenvalue weighted by Crippen LogP contribution is 2.25. The zero-order valence-corrected chi connectivity index (χ0v) is 12.2. The van der Waals surface area contributed by atoms with Crippen molar-refractivity contribution < 1.29 is 14.1 Å². The van der Waals surface area contributed by atoms with Crippen LogP contribution in [0.2, 0.25) is 5.02 Å². The molecule has 1 fully saturated rings. The molecular formula is C14H14ClN3O3. The number of hydrogen-bond acceptors (Lipinski definition) is 5. The fourth-order valence-corrected chi connectivity index (χ4v) is 2.46. The van der Waals surface area contributed by atoms with Crippen LogP contribution in [-0.2, 0) is 4.74 Å². The second kappa shape index (κ2) is 5.83. The summed E-state index contributed by atoms with van der Waals surface area (Å²) < 4.78 is 10.2. The summed E-state index contributed by atoms with van der Waals surface area (Å²) in [6.07, 6.45) is 1.25. The zero-order valence-electron chi connectivity index (χ0n) is 11.5. The van der Waals surface area contributed by atoms with Gasteiger partial charge in [-0.2, -0.15) is 4.98 Å². The minimum absolute atomic E-state index is 0.116. The molecule has 0 radical (unpaired) electrons. The predicted octanol–water partition coefficient (Wildman–Crippen LogP) is 2.25. The summed E-state index contributed by atoms with van der Waals surface area (Å²) >= 11 is 6.10. The first-order valence-electron chi connectivity index (χ1n) is 6.58. The van der Waals surface area contributed by atoms with Gasteiger partial charge in [-0.1, -0.05) is 22.8 Å². The molecule has 1 aliphatic heterocycles. The van der Waals surface area contributed by atoms with Gasteiger partial charge >= 0.3 is 0 Å². The number of aromatic nitrogens is 2. The largest absolute Gasteiger partial charge is 0.377 e. The van der Waals surface area contributed by atoms with Crippen LogP contribution in [0.3, 0.4) is 0 Å². The third kappa shape index (κ3) is 2.77. The minimum Gasteiger partial charge on any atom is -0.377 e. The molecular weight excluding hydrogens is 294 g/mol. The van der Waals surface area contributed by atoms with Crippen molar-refractivity contribution in [3.63, 3.8) is 0 Å². The molecule has 0 bridgehead atoms. The molecule has 1 atom stereocenters. The van der Waals surface area contributed by atoms with Gasteiger partial charge in [-0.25, -0.2) is 0 Å². The monoisotopic (exact) mass is 307 g/mol. The van der Waals surface area contributed by atoms with Crippen molar-refractivity contribution in [2.24, 2.45) is 0 Å². The molecule has 1 aromatic heterocycles. The first-order valence-corrected chi connectivity index (χ1v) is 6.96. The molecule has 7 heteroatoms. The van der Waals surface area contributed by atoms with Gasteiger partial charge in [-0.05, 0) is 24.6 Å². The van der Waals surface area contributed by atoms with Gasteiger partial charge in [0.1, 0.15) is 6.04 Å². The normalized spacial score (nSPS) is 18.8. The van der Waals surface area contributed by atoms with E-state index >= 15 is 0 Å². The van der Waals surface area contributed by atoms with Crippen molar-refractivity contribution in [1.29, 1.82) is 0 Å². The molecule has 0 aliphatic carbocycles. The highest BCUT2D eigenvalue weighted by molar-refractivity contribution is 6.31. The Balaban J connectivity index is 1.89. The summed E-state index contributed by atoms with van der Waals surface area (Å²) in [5, 5.41) is 4.39. The molecule has 6 nitrogen and oxygen atoms in total. The lowest BCUT2D eigenvalue weighted by atomic mass is 10.1. The maximum absolute atomic E-state index is 12.7. The maximum Gasteiger partial charge on any atom is 0.254 e. The van der Waals surface area contributed by atoms with Gasteiger partial charge in [0.2, 0.25) is 6.39 Å². The Hall–Kier alpha value is -1.92. The number of aryl methyl sites for hydroxylation is 1. The number of benzene rings is 1. The van der Waals surface area contributed by atoms with Crippen molar-refractivity contribution in [2.75, 3.05) is 19.8 Å². The average Bonchev–Trinajstić information content (AvgIpc) is 3.03. The molecule has 1 aromatic carbocycles. The lowest BCUT2D eigenvalue weighted by Gasteiger charge is -2.33. The Labute approximate surface area is 126 Å². The molecule has 21 heavy (non-hydrogen) atoms. The van der Waals surface area contributed by atoms with Gasteiger partial charge < -0.3 is 14.2 Å². The van der Waals surface area contributed by atoms with Gasteiger partial charge in [0.15, 0.2) is 5.82 Å². The van der Waals surface area contributed by atoms with E-state index in [4.69, 9.17) is 20.9 Å². The second-order valence-corrected chi connectivity index (χ2v) is 5.25. The van der Waals surface area contributed by atoms with E-state index in [1.54, 1.807) is 17.0 Å². The fourth-order valence-electron chi connectivity index (χ4n) is 2.28. The first kappa shape index (κ1) is 14.0. The van der Waals surface area contributed by atoms with E-state index in [-0.39, 0.29) is 11.9 Å². The van der Waals surface area contributed by atoms with Crippen molar-refractivity contribution in [1.82, 2.24) is 15.0 Å². The SMILES string of the molecule is Cc1ccc(C(=O)N2CCOC[C@@H]2c2ncon2)cc1Cl. The van der Waals surface area contributed by atoms with Gasteiger partial charge in [0.05, 0.1) is 13.2 Å². The lowest BCUT2D eigenvalue weighted by molar-refractivity contribution is -0.00576. The molecule has 0 saturated carbocycles. The number of morpholine rings is 1. The van der Waals surface area contributed by atoms with E-state index in [2.05, 4.69) is 10.1 Å². The molecule has 1 saturated heterocycles. The molecule has 3 rings (SSSR count). The van der Waals surface area contributed by atoms with Crippen LogP contribution in [0.15, 0.2) is 29.1 Å². The van der Waals surface area contributed by atoms with Gasteiger partial charge in [0, 0.05) is 17.1 Å². The average molecular weight is 308 g/mol. The number of halogens is 1. The van der Waals surface area contributed by atoms with Gasteiger partial charge in [-0.15, -0.1) is 0 Å². The molecule has 0 spiro atoms. The second-order valence-electron chi connectivity index (χ2n) is 4.84. The summed E-state index contributed by atoms with van der Waals surface area (Å²) in [7, 11) is 0. The number of carbonyl (C=O) groups excluding carboxylic acids is 1. The third-order valence-electron chi connectivity index (χ3n) is 3.48. The van der Waals surface area contributed by atoms with Crippen LogP contribution in [0.5, 0.6) is 0 Å². The van der Waals surface area contributed by atoms with Crippen LogP contribution in [0.25, 0.3) is 0 Å². The summed E-state index contributed by atoms with van der Waals surface area (Å²) in [5.74, 6) is 0.330.